The highest BCUT2D eigenvalue weighted by atomic mass is 32.1. The second-order valence-corrected chi connectivity index (χ2v) is 8.18. The molecule has 0 spiro atoms. The lowest BCUT2D eigenvalue weighted by atomic mass is 10.0. The average molecular weight is 406 g/mol. The van der Waals surface area contributed by atoms with Crippen molar-refractivity contribution in [3.05, 3.63) is 57.7 Å². The lowest BCUT2D eigenvalue weighted by molar-refractivity contribution is 0.700. The first-order chi connectivity index (χ1) is 14.1. The molecule has 148 valence electrons. The van der Waals surface area contributed by atoms with Gasteiger partial charge in [-0.05, 0) is 37.8 Å². The Morgan fingerprint density at radius 3 is 2.76 bits per heavy atom. The van der Waals surface area contributed by atoms with Crippen LogP contribution in [0, 0.1) is 25.2 Å². The smallest absolute Gasteiger partial charge is 0.228 e. The molecule has 3 N–H and O–H groups in total. The van der Waals surface area contributed by atoms with E-state index in [4.69, 9.17) is 21.0 Å². The number of nitriles is 1. The number of thiazole rings is 1. The van der Waals surface area contributed by atoms with E-state index in [0.717, 1.165) is 48.0 Å². The zero-order valence-corrected chi connectivity index (χ0v) is 17.3. The normalized spacial score (nSPS) is 16.1. The molecular weight excluding hydrogens is 382 g/mol. The Labute approximate surface area is 174 Å². The summed E-state index contributed by atoms with van der Waals surface area (Å²) >= 11 is 1.31. The van der Waals surface area contributed by atoms with Gasteiger partial charge in [0, 0.05) is 24.3 Å². The van der Waals surface area contributed by atoms with Crippen LogP contribution in [-0.2, 0) is 6.54 Å². The number of hydrogen-bond acceptors (Lipinski definition) is 8. The molecule has 7 nitrogen and oxygen atoms in total. The van der Waals surface area contributed by atoms with Crippen LogP contribution in [0.1, 0.15) is 46.1 Å². The SMILES string of the molecule is Cc1nc(N2CCCC2c2ccc(CN)cc2)nc(Nc2ncc(C#N)s2)c1C. The van der Waals surface area contributed by atoms with Gasteiger partial charge in [0.05, 0.1) is 12.2 Å². The number of aryl methyl sites for hydroxylation is 1. The van der Waals surface area contributed by atoms with Crippen LogP contribution in [0.5, 0.6) is 0 Å². The van der Waals surface area contributed by atoms with E-state index in [2.05, 4.69) is 45.5 Å². The number of nitrogens with two attached hydrogens (primary N) is 1. The summed E-state index contributed by atoms with van der Waals surface area (Å²) in [6.07, 6.45) is 3.73. The Bertz CT molecular complexity index is 1050. The molecule has 4 rings (SSSR count). The Kier molecular flexibility index (Phi) is 5.43. The highest BCUT2D eigenvalue weighted by molar-refractivity contribution is 7.16. The molecule has 3 heterocycles. The number of anilines is 3. The van der Waals surface area contributed by atoms with Gasteiger partial charge < -0.3 is 16.0 Å². The van der Waals surface area contributed by atoms with Gasteiger partial charge in [0.2, 0.25) is 5.95 Å². The molecule has 1 unspecified atom stereocenters. The fourth-order valence-electron chi connectivity index (χ4n) is 3.58. The summed E-state index contributed by atoms with van der Waals surface area (Å²) in [7, 11) is 0. The van der Waals surface area contributed by atoms with Crippen molar-refractivity contribution in [3.63, 3.8) is 0 Å². The van der Waals surface area contributed by atoms with Gasteiger partial charge in [-0.1, -0.05) is 35.6 Å². The molecule has 0 aliphatic carbocycles. The molecule has 1 fully saturated rings. The van der Waals surface area contributed by atoms with Gasteiger partial charge in [0.15, 0.2) is 5.13 Å². The highest BCUT2D eigenvalue weighted by Crippen LogP contribution is 2.36. The summed E-state index contributed by atoms with van der Waals surface area (Å²) in [6.45, 7) is 5.46. The van der Waals surface area contributed by atoms with Crippen molar-refractivity contribution in [1.29, 1.82) is 5.26 Å². The monoisotopic (exact) mass is 405 g/mol. The van der Waals surface area contributed by atoms with Crippen molar-refractivity contribution in [1.82, 2.24) is 15.0 Å². The van der Waals surface area contributed by atoms with Crippen molar-refractivity contribution < 1.29 is 0 Å². The summed E-state index contributed by atoms with van der Waals surface area (Å²) in [4.78, 5) is 16.7. The van der Waals surface area contributed by atoms with E-state index < -0.39 is 0 Å². The molecule has 0 amide bonds. The molecule has 1 saturated heterocycles. The third-order valence-electron chi connectivity index (χ3n) is 5.33. The minimum absolute atomic E-state index is 0.252. The molecule has 29 heavy (non-hydrogen) atoms. The summed E-state index contributed by atoms with van der Waals surface area (Å²) in [6, 6.07) is 10.9. The Balaban J connectivity index is 1.64. The maximum Gasteiger partial charge on any atom is 0.228 e. The first-order valence-electron chi connectivity index (χ1n) is 9.62. The van der Waals surface area contributed by atoms with Gasteiger partial charge in [0.25, 0.3) is 0 Å². The molecule has 8 heteroatoms. The van der Waals surface area contributed by atoms with Gasteiger partial charge in [-0.15, -0.1) is 0 Å². The summed E-state index contributed by atoms with van der Waals surface area (Å²) < 4.78 is 0. The number of benzene rings is 1. The third kappa shape index (κ3) is 3.92. The quantitative estimate of drug-likeness (QED) is 0.662. The minimum atomic E-state index is 0.252. The van der Waals surface area contributed by atoms with Crippen molar-refractivity contribution in [2.45, 2.75) is 39.3 Å². The summed E-state index contributed by atoms with van der Waals surface area (Å²) in [5.74, 6) is 1.45. The molecule has 1 aliphatic rings. The van der Waals surface area contributed by atoms with Crippen LogP contribution in [0.3, 0.4) is 0 Å². The molecule has 1 aromatic carbocycles. The predicted octanol–water partition coefficient (Wildman–Crippen LogP) is 3.97. The van der Waals surface area contributed by atoms with E-state index in [1.54, 1.807) is 6.20 Å². The molecule has 3 aromatic rings. The molecule has 2 aromatic heterocycles. The molecule has 0 bridgehead atoms. The van der Waals surface area contributed by atoms with Crippen molar-refractivity contribution in [3.8, 4) is 6.07 Å². The van der Waals surface area contributed by atoms with E-state index in [-0.39, 0.29) is 6.04 Å². The van der Waals surface area contributed by atoms with Gasteiger partial charge in [-0.2, -0.15) is 10.2 Å². The van der Waals surface area contributed by atoms with E-state index in [1.165, 1.54) is 16.9 Å². The molecule has 0 radical (unpaired) electrons. The van der Waals surface area contributed by atoms with Gasteiger partial charge in [0.1, 0.15) is 16.8 Å². The van der Waals surface area contributed by atoms with Crippen LogP contribution in [0.15, 0.2) is 30.5 Å². The average Bonchev–Trinajstić information content (AvgIpc) is 3.41. The van der Waals surface area contributed by atoms with Crippen LogP contribution in [0.2, 0.25) is 0 Å². The van der Waals surface area contributed by atoms with E-state index in [0.29, 0.717) is 16.6 Å². The first kappa shape index (κ1) is 19.3. The van der Waals surface area contributed by atoms with E-state index in [1.807, 2.05) is 13.8 Å². The number of nitrogens with one attached hydrogen (secondary N) is 1. The van der Waals surface area contributed by atoms with Crippen molar-refractivity contribution >= 4 is 28.2 Å². The Hall–Kier alpha value is -3.02. The predicted molar refractivity (Wildman–Crippen MR) is 115 cm³/mol. The number of aromatic nitrogens is 3. The maximum atomic E-state index is 9.03. The molecular formula is C21H23N7S. The zero-order valence-electron chi connectivity index (χ0n) is 16.5. The van der Waals surface area contributed by atoms with Gasteiger partial charge in [-0.25, -0.2) is 9.97 Å². The highest BCUT2D eigenvalue weighted by Gasteiger charge is 2.29. The third-order valence-corrected chi connectivity index (χ3v) is 6.15. The Morgan fingerprint density at radius 1 is 1.28 bits per heavy atom. The standard InChI is InChI=1S/C21H23N7S/c1-13-14(2)25-20(26-19(13)27-21-24-12-17(11-23)29-21)28-9-3-4-18(28)16-7-5-15(10-22)6-8-16/h5-8,12,18H,3-4,9-10,22H2,1-2H3,(H,24,25,26,27). The zero-order chi connectivity index (χ0) is 20.4. The number of hydrogen-bond donors (Lipinski definition) is 2. The molecule has 1 atom stereocenters. The first-order valence-corrected chi connectivity index (χ1v) is 10.4. The van der Waals surface area contributed by atoms with Crippen LogP contribution in [-0.4, -0.2) is 21.5 Å². The van der Waals surface area contributed by atoms with Gasteiger partial charge in [-0.3, -0.25) is 0 Å². The fourth-order valence-corrected chi connectivity index (χ4v) is 4.19. The summed E-state index contributed by atoms with van der Waals surface area (Å²) in [5, 5.41) is 12.9. The van der Waals surface area contributed by atoms with Crippen LogP contribution >= 0.6 is 11.3 Å². The van der Waals surface area contributed by atoms with E-state index in [9.17, 15) is 0 Å². The topological polar surface area (TPSA) is 104 Å². The summed E-state index contributed by atoms with van der Waals surface area (Å²) in [5.41, 5.74) is 10.0. The van der Waals surface area contributed by atoms with Crippen LogP contribution in [0.25, 0.3) is 0 Å². The minimum Gasteiger partial charge on any atom is -0.334 e. The van der Waals surface area contributed by atoms with Crippen molar-refractivity contribution in [2.75, 3.05) is 16.8 Å². The largest absolute Gasteiger partial charge is 0.334 e. The van der Waals surface area contributed by atoms with Crippen LogP contribution < -0.4 is 16.0 Å². The second kappa shape index (κ2) is 8.15. The second-order valence-electron chi connectivity index (χ2n) is 7.15. The van der Waals surface area contributed by atoms with E-state index >= 15 is 0 Å². The number of nitrogens with zero attached hydrogens (tertiary/aromatic N) is 5. The van der Waals surface area contributed by atoms with Crippen molar-refractivity contribution in [2.24, 2.45) is 5.73 Å². The van der Waals surface area contributed by atoms with Crippen LogP contribution in [0.4, 0.5) is 16.9 Å². The maximum absolute atomic E-state index is 9.03. The Morgan fingerprint density at radius 2 is 2.07 bits per heavy atom. The lowest BCUT2D eigenvalue weighted by Gasteiger charge is -2.26. The fraction of sp³-hybridized carbons (Fsp3) is 0.333. The molecule has 1 aliphatic heterocycles. The molecule has 0 saturated carbocycles. The van der Waals surface area contributed by atoms with Gasteiger partial charge >= 0.3 is 0 Å². The number of rotatable bonds is 5. The lowest BCUT2D eigenvalue weighted by Crippen LogP contribution is -2.25.